The molecule has 3 rings (SSSR count). The molecule has 31 heavy (non-hydrogen) atoms. The summed E-state index contributed by atoms with van der Waals surface area (Å²) in [6, 6.07) is 11.2. The van der Waals surface area contributed by atoms with Crippen LogP contribution in [0.15, 0.2) is 42.5 Å². The van der Waals surface area contributed by atoms with Crippen molar-refractivity contribution >= 4 is 21.6 Å². The fourth-order valence-electron chi connectivity index (χ4n) is 3.92. The number of nitrogens with zero attached hydrogens (tertiary/aromatic N) is 1. The highest BCUT2D eigenvalue weighted by Gasteiger charge is 2.37. The molecule has 1 aliphatic heterocycles. The molecule has 0 fully saturated rings. The molecule has 1 N–H and O–H groups in total. The maximum absolute atomic E-state index is 13.2. The first-order valence-electron chi connectivity index (χ1n) is 10.1. The Labute approximate surface area is 184 Å². The van der Waals surface area contributed by atoms with Crippen LogP contribution in [0.1, 0.15) is 44.4 Å². The number of carbonyl (C=O) groups excluding carboxylic acids is 1. The first kappa shape index (κ1) is 22.9. The molecular weight excluding hydrogens is 416 g/mol. The molecule has 0 saturated heterocycles. The van der Waals surface area contributed by atoms with E-state index in [-0.39, 0.29) is 11.9 Å². The van der Waals surface area contributed by atoms with Gasteiger partial charge in [-0.3, -0.25) is 9.10 Å². The van der Waals surface area contributed by atoms with Crippen LogP contribution in [0.25, 0.3) is 0 Å². The fourth-order valence-corrected chi connectivity index (χ4v) is 5.09. The van der Waals surface area contributed by atoms with Crippen molar-refractivity contribution < 1.29 is 22.7 Å². The number of aryl methyl sites for hydroxylation is 1. The van der Waals surface area contributed by atoms with E-state index in [4.69, 9.17) is 9.47 Å². The summed E-state index contributed by atoms with van der Waals surface area (Å²) in [6.45, 7) is 7.52. The third-order valence-electron chi connectivity index (χ3n) is 5.36. The Balaban J connectivity index is 1.89. The number of benzene rings is 2. The highest BCUT2D eigenvalue weighted by Crippen LogP contribution is 2.40. The molecule has 2 atom stereocenters. The molecule has 0 aliphatic carbocycles. The van der Waals surface area contributed by atoms with Gasteiger partial charge in [-0.2, -0.15) is 0 Å². The van der Waals surface area contributed by atoms with Crippen LogP contribution in [0.4, 0.5) is 5.69 Å². The van der Waals surface area contributed by atoms with Crippen molar-refractivity contribution in [1.82, 2.24) is 5.32 Å². The lowest BCUT2D eigenvalue weighted by molar-refractivity contribution is -0.123. The van der Waals surface area contributed by atoms with Crippen molar-refractivity contribution in [3.63, 3.8) is 0 Å². The molecule has 1 heterocycles. The van der Waals surface area contributed by atoms with Crippen molar-refractivity contribution in [3.05, 3.63) is 53.6 Å². The number of sulfonamides is 1. The summed E-state index contributed by atoms with van der Waals surface area (Å²) < 4.78 is 37.5. The summed E-state index contributed by atoms with van der Waals surface area (Å²) in [6.07, 6.45) is 1.67. The van der Waals surface area contributed by atoms with Gasteiger partial charge >= 0.3 is 0 Å². The number of fused-ring (bicyclic) bond motifs is 1. The smallest absolute Gasteiger partial charge is 0.244 e. The van der Waals surface area contributed by atoms with Gasteiger partial charge in [0.1, 0.15) is 23.1 Å². The summed E-state index contributed by atoms with van der Waals surface area (Å²) in [5.41, 5.74) is 1.89. The summed E-state index contributed by atoms with van der Waals surface area (Å²) in [4.78, 5) is 13.2. The monoisotopic (exact) mass is 446 g/mol. The Bertz CT molecular complexity index is 1060. The highest BCUT2D eigenvalue weighted by molar-refractivity contribution is 7.92. The van der Waals surface area contributed by atoms with Gasteiger partial charge in [-0.25, -0.2) is 8.42 Å². The van der Waals surface area contributed by atoms with Gasteiger partial charge in [0.2, 0.25) is 15.9 Å². The minimum atomic E-state index is -3.70. The fraction of sp³-hybridized carbons (Fsp3) is 0.435. The average Bonchev–Trinajstić information content (AvgIpc) is 2.66. The lowest BCUT2D eigenvalue weighted by Crippen LogP contribution is -2.50. The van der Waals surface area contributed by atoms with Gasteiger partial charge in [-0.1, -0.05) is 12.1 Å². The first-order chi connectivity index (χ1) is 14.4. The Morgan fingerprint density at radius 3 is 2.45 bits per heavy atom. The van der Waals surface area contributed by atoms with E-state index in [1.807, 2.05) is 39.0 Å². The molecular formula is C23H30N2O5S. The SMILES string of the molecule is COc1ccc(N([C@@H](C)C(=O)N[C@@H]2CC(C)(C)Oc3cc(C)ccc32)S(C)(=O)=O)cc1. The number of carbonyl (C=O) groups is 1. The van der Waals surface area contributed by atoms with E-state index in [0.717, 1.165) is 27.4 Å². The Morgan fingerprint density at radius 2 is 1.87 bits per heavy atom. The predicted molar refractivity (Wildman–Crippen MR) is 121 cm³/mol. The number of nitrogens with one attached hydrogen (secondary N) is 1. The number of anilines is 1. The van der Waals surface area contributed by atoms with Gasteiger partial charge in [0, 0.05) is 12.0 Å². The summed E-state index contributed by atoms with van der Waals surface area (Å²) >= 11 is 0. The molecule has 7 nitrogen and oxygen atoms in total. The van der Waals surface area contributed by atoms with Gasteiger partial charge in [0.05, 0.1) is 25.1 Å². The van der Waals surface area contributed by atoms with Crippen LogP contribution in [0.5, 0.6) is 11.5 Å². The van der Waals surface area contributed by atoms with Crippen LogP contribution in [0.2, 0.25) is 0 Å². The molecule has 8 heteroatoms. The molecule has 168 valence electrons. The molecule has 0 aromatic heterocycles. The average molecular weight is 447 g/mol. The second kappa shape index (κ2) is 8.42. The molecule has 1 aliphatic rings. The van der Waals surface area contributed by atoms with E-state index in [1.54, 1.807) is 31.2 Å². The molecule has 0 bridgehead atoms. The largest absolute Gasteiger partial charge is 0.497 e. The van der Waals surface area contributed by atoms with Crippen molar-refractivity contribution in [2.75, 3.05) is 17.7 Å². The van der Waals surface area contributed by atoms with Gasteiger partial charge < -0.3 is 14.8 Å². The second-order valence-corrected chi connectivity index (χ2v) is 10.5. The number of amides is 1. The van der Waals surface area contributed by atoms with Crippen molar-refractivity contribution in [1.29, 1.82) is 0 Å². The topological polar surface area (TPSA) is 84.9 Å². The molecule has 0 saturated carbocycles. The molecule has 2 aromatic carbocycles. The van der Waals surface area contributed by atoms with Crippen LogP contribution in [-0.2, 0) is 14.8 Å². The normalized spacial score (nSPS) is 18.3. The predicted octanol–water partition coefficient (Wildman–Crippen LogP) is 3.58. The van der Waals surface area contributed by atoms with E-state index < -0.39 is 21.7 Å². The third-order valence-corrected chi connectivity index (χ3v) is 6.60. The maximum Gasteiger partial charge on any atom is 0.244 e. The van der Waals surface area contributed by atoms with Gasteiger partial charge in [-0.15, -0.1) is 0 Å². The zero-order chi connectivity index (χ0) is 23.0. The van der Waals surface area contributed by atoms with Gasteiger partial charge in [-0.05, 0) is 63.6 Å². The van der Waals surface area contributed by atoms with Gasteiger partial charge in [0.15, 0.2) is 0 Å². The lowest BCUT2D eigenvalue weighted by Gasteiger charge is -2.39. The summed E-state index contributed by atoms with van der Waals surface area (Å²) in [7, 11) is -2.17. The molecule has 0 radical (unpaired) electrons. The lowest BCUT2D eigenvalue weighted by atomic mass is 9.89. The van der Waals surface area contributed by atoms with Crippen LogP contribution in [0, 0.1) is 6.92 Å². The van der Waals surface area contributed by atoms with E-state index in [9.17, 15) is 13.2 Å². The molecule has 0 unspecified atom stereocenters. The highest BCUT2D eigenvalue weighted by atomic mass is 32.2. The standard InChI is InChI=1S/C23H30N2O5S/c1-15-7-12-19-20(14-23(3,4)30-21(19)13-15)24-22(26)16(2)25(31(6,27)28)17-8-10-18(29-5)11-9-17/h7-13,16,20H,14H2,1-6H3,(H,24,26)/t16-,20+/m0/s1. The Hall–Kier alpha value is -2.74. The minimum absolute atomic E-state index is 0.286. The Morgan fingerprint density at radius 1 is 1.23 bits per heavy atom. The van der Waals surface area contributed by atoms with Crippen LogP contribution in [0.3, 0.4) is 0 Å². The molecule has 1 amide bonds. The number of hydrogen-bond acceptors (Lipinski definition) is 5. The molecule has 2 aromatic rings. The van der Waals surface area contributed by atoms with Gasteiger partial charge in [0.25, 0.3) is 0 Å². The molecule has 0 spiro atoms. The zero-order valence-electron chi connectivity index (χ0n) is 18.8. The number of hydrogen-bond donors (Lipinski definition) is 1. The summed E-state index contributed by atoms with van der Waals surface area (Å²) in [5.74, 6) is 0.963. The van der Waals surface area contributed by atoms with Crippen molar-refractivity contribution in [2.45, 2.75) is 51.8 Å². The van der Waals surface area contributed by atoms with Crippen molar-refractivity contribution in [3.8, 4) is 11.5 Å². The number of rotatable bonds is 6. The maximum atomic E-state index is 13.2. The van der Waals surface area contributed by atoms with Crippen LogP contribution >= 0.6 is 0 Å². The zero-order valence-corrected chi connectivity index (χ0v) is 19.6. The van der Waals surface area contributed by atoms with E-state index >= 15 is 0 Å². The van der Waals surface area contributed by atoms with Crippen molar-refractivity contribution in [2.24, 2.45) is 0 Å². The van der Waals surface area contributed by atoms with Crippen LogP contribution < -0.4 is 19.1 Å². The van der Waals surface area contributed by atoms with E-state index in [0.29, 0.717) is 17.9 Å². The number of methoxy groups -OCH3 is 1. The number of ether oxygens (including phenoxy) is 2. The Kier molecular flexibility index (Phi) is 6.23. The van der Waals surface area contributed by atoms with E-state index in [2.05, 4.69) is 5.32 Å². The summed E-state index contributed by atoms with van der Waals surface area (Å²) in [5, 5.41) is 3.05. The first-order valence-corrected chi connectivity index (χ1v) is 12.0. The van der Waals surface area contributed by atoms with Crippen LogP contribution in [-0.4, -0.2) is 39.3 Å². The van der Waals surface area contributed by atoms with E-state index in [1.165, 1.54) is 7.11 Å². The third kappa shape index (κ3) is 5.12. The minimum Gasteiger partial charge on any atom is -0.497 e. The second-order valence-electron chi connectivity index (χ2n) is 8.60. The quantitative estimate of drug-likeness (QED) is 0.733.